The number of rotatable bonds is 11. The number of halogens is 1. The normalized spacial score (nSPS) is 12.4. The standard InChI is InChI=1S/C23H30FN3O3SSi/c1-32(2,3)15-14-30-19-27-23(22(24)16-25-27)31(28,29)26(17-20-10-6-4-7-11-20)18-21-12-8-5-9-13-21/h4-13,16H,14-15,17-19H2,1-3H3. The summed E-state index contributed by atoms with van der Waals surface area (Å²) in [6.07, 6.45) is 0.929. The molecule has 3 rings (SSSR count). The van der Waals surface area contributed by atoms with Crippen molar-refractivity contribution in [2.45, 2.75) is 50.5 Å². The van der Waals surface area contributed by atoms with Crippen LogP contribution < -0.4 is 0 Å². The van der Waals surface area contributed by atoms with E-state index >= 15 is 0 Å². The summed E-state index contributed by atoms with van der Waals surface area (Å²) in [5.74, 6) is -0.884. The maximum atomic E-state index is 14.7. The van der Waals surface area contributed by atoms with Gasteiger partial charge in [0.25, 0.3) is 10.0 Å². The van der Waals surface area contributed by atoms with Gasteiger partial charge in [-0.15, -0.1) is 0 Å². The second kappa shape index (κ2) is 10.5. The summed E-state index contributed by atoms with van der Waals surface area (Å²) in [6.45, 7) is 7.26. The summed E-state index contributed by atoms with van der Waals surface area (Å²) in [5.41, 5.74) is 1.62. The highest BCUT2D eigenvalue weighted by molar-refractivity contribution is 7.89. The molecule has 3 aromatic rings. The number of hydrogen-bond acceptors (Lipinski definition) is 4. The second-order valence-electron chi connectivity index (χ2n) is 8.89. The fraction of sp³-hybridized carbons (Fsp3) is 0.348. The molecule has 32 heavy (non-hydrogen) atoms. The van der Waals surface area contributed by atoms with Crippen LogP contribution in [0.3, 0.4) is 0 Å². The predicted molar refractivity (Wildman–Crippen MR) is 126 cm³/mol. The van der Waals surface area contributed by atoms with Crippen LogP contribution in [-0.4, -0.2) is 37.2 Å². The molecule has 0 N–H and O–H groups in total. The van der Waals surface area contributed by atoms with Gasteiger partial charge in [-0.25, -0.2) is 17.5 Å². The van der Waals surface area contributed by atoms with E-state index in [1.54, 1.807) is 0 Å². The molecule has 0 fully saturated rings. The van der Waals surface area contributed by atoms with Gasteiger partial charge in [0.2, 0.25) is 5.03 Å². The smallest absolute Gasteiger partial charge is 0.263 e. The van der Waals surface area contributed by atoms with Crippen molar-refractivity contribution in [3.8, 4) is 0 Å². The molecule has 172 valence electrons. The number of hydrogen-bond donors (Lipinski definition) is 0. The van der Waals surface area contributed by atoms with Crippen LogP contribution in [0, 0.1) is 5.82 Å². The molecule has 2 aromatic carbocycles. The highest BCUT2D eigenvalue weighted by Gasteiger charge is 2.32. The van der Waals surface area contributed by atoms with Crippen LogP contribution in [-0.2, 0) is 34.6 Å². The third kappa shape index (κ3) is 6.58. The maximum absolute atomic E-state index is 14.7. The van der Waals surface area contributed by atoms with Crippen molar-refractivity contribution < 1.29 is 17.5 Å². The van der Waals surface area contributed by atoms with Crippen LogP contribution in [0.4, 0.5) is 4.39 Å². The average molecular weight is 476 g/mol. The van der Waals surface area contributed by atoms with Crippen molar-refractivity contribution in [3.63, 3.8) is 0 Å². The Bertz CT molecular complexity index is 1060. The largest absolute Gasteiger partial charge is 0.359 e. The van der Waals surface area contributed by atoms with Gasteiger partial charge in [-0.05, 0) is 17.2 Å². The molecule has 0 unspecified atom stereocenters. The molecule has 0 saturated carbocycles. The van der Waals surface area contributed by atoms with Gasteiger partial charge >= 0.3 is 0 Å². The monoisotopic (exact) mass is 475 g/mol. The molecular formula is C23H30FN3O3SSi. The minimum atomic E-state index is -4.19. The Morgan fingerprint density at radius 3 is 2.00 bits per heavy atom. The van der Waals surface area contributed by atoms with E-state index in [-0.39, 0.29) is 19.8 Å². The zero-order valence-corrected chi connectivity index (χ0v) is 20.6. The third-order valence-electron chi connectivity index (χ3n) is 4.95. The van der Waals surface area contributed by atoms with Crippen LogP contribution >= 0.6 is 0 Å². The lowest BCUT2D eigenvalue weighted by molar-refractivity contribution is 0.0711. The van der Waals surface area contributed by atoms with Crippen molar-refractivity contribution in [3.05, 3.63) is 83.8 Å². The summed E-state index contributed by atoms with van der Waals surface area (Å²) in [5, 5.41) is 3.46. The summed E-state index contributed by atoms with van der Waals surface area (Å²) >= 11 is 0. The van der Waals surface area contributed by atoms with Gasteiger partial charge in [0.05, 0.1) is 6.20 Å². The predicted octanol–water partition coefficient (Wildman–Crippen LogP) is 4.73. The third-order valence-corrected chi connectivity index (χ3v) is 8.48. The van der Waals surface area contributed by atoms with Crippen LogP contribution in [0.25, 0.3) is 0 Å². The van der Waals surface area contributed by atoms with E-state index in [0.29, 0.717) is 6.61 Å². The molecule has 1 heterocycles. The number of nitrogens with zero attached hydrogens (tertiary/aromatic N) is 3. The molecule has 0 spiro atoms. The SMILES string of the molecule is C[Si](C)(C)CCOCn1ncc(F)c1S(=O)(=O)N(Cc1ccccc1)Cc1ccccc1. The maximum Gasteiger partial charge on any atom is 0.263 e. The van der Waals surface area contributed by atoms with Gasteiger partial charge in [-0.3, -0.25) is 0 Å². The Balaban J connectivity index is 1.88. The molecule has 0 amide bonds. The second-order valence-corrected chi connectivity index (χ2v) is 16.4. The quantitative estimate of drug-likeness (QED) is 0.297. The minimum absolute atomic E-state index is 0.110. The molecule has 0 aliphatic carbocycles. The van der Waals surface area contributed by atoms with E-state index < -0.39 is 28.9 Å². The first-order chi connectivity index (χ1) is 15.2. The van der Waals surface area contributed by atoms with Crippen LogP contribution in [0.1, 0.15) is 11.1 Å². The van der Waals surface area contributed by atoms with Crippen molar-refractivity contribution >= 4 is 18.1 Å². The fourth-order valence-corrected chi connectivity index (χ4v) is 5.46. The van der Waals surface area contributed by atoms with Crippen LogP contribution in [0.15, 0.2) is 71.9 Å². The molecule has 0 aliphatic rings. The van der Waals surface area contributed by atoms with E-state index in [4.69, 9.17) is 4.74 Å². The first kappa shape index (κ1) is 24.3. The molecule has 1 aromatic heterocycles. The Hall–Kier alpha value is -2.33. The zero-order chi connectivity index (χ0) is 23.2. The van der Waals surface area contributed by atoms with E-state index in [0.717, 1.165) is 28.0 Å². The lowest BCUT2D eigenvalue weighted by Gasteiger charge is -2.23. The Kier molecular flexibility index (Phi) is 7.99. The van der Waals surface area contributed by atoms with Crippen molar-refractivity contribution in [2.24, 2.45) is 0 Å². The molecule has 0 bridgehead atoms. The Labute approximate surface area is 190 Å². The number of benzene rings is 2. The van der Waals surface area contributed by atoms with Crippen molar-refractivity contribution in [1.29, 1.82) is 0 Å². The summed E-state index contributed by atoms with van der Waals surface area (Å²) in [7, 11) is -5.49. The summed E-state index contributed by atoms with van der Waals surface area (Å²) < 4.78 is 49.9. The van der Waals surface area contributed by atoms with Crippen molar-refractivity contribution in [1.82, 2.24) is 14.1 Å². The molecule has 0 radical (unpaired) electrons. The van der Waals surface area contributed by atoms with Crippen molar-refractivity contribution in [2.75, 3.05) is 6.61 Å². The van der Waals surface area contributed by atoms with Gasteiger partial charge < -0.3 is 4.74 Å². The lowest BCUT2D eigenvalue weighted by Crippen LogP contribution is -2.33. The lowest BCUT2D eigenvalue weighted by atomic mass is 10.2. The molecule has 6 nitrogen and oxygen atoms in total. The Morgan fingerprint density at radius 2 is 1.50 bits per heavy atom. The number of ether oxygens (including phenoxy) is 1. The van der Waals surface area contributed by atoms with Crippen LogP contribution in [0.2, 0.25) is 25.7 Å². The summed E-state index contributed by atoms with van der Waals surface area (Å²) in [6, 6.07) is 19.4. The molecular weight excluding hydrogens is 445 g/mol. The highest BCUT2D eigenvalue weighted by Crippen LogP contribution is 2.24. The zero-order valence-electron chi connectivity index (χ0n) is 18.7. The van der Waals surface area contributed by atoms with E-state index in [1.807, 2.05) is 60.7 Å². The van der Waals surface area contributed by atoms with Gasteiger partial charge in [-0.2, -0.15) is 9.40 Å². The van der Waals surface area contributed by atoms with Crippen LogP contribution in [0.5, 0.6) is 0 Å². The Morgan fingerprint density at radius 1 is 0.969 bits per heavy atom. The van der Waals surface area contributed by atoms with E-state index in [1.165, 1.54) is 4.31 Å². The van der Waals surface area contributed by atoms with E-state index in [2.05, 4.69) is 24.7 Å². The first-order valence-electron chi connectivity index (χ1n) is 10.5. The van der Waals surface area contributed by atoms with Gasteiger partial charge in [0.1, 0.15) is 6.73 Å². The molecule has 0 atom stereocenters. The average Bonchev–Trinajstić information content (AvgIpc) is 3.13. The molecule has 0 aliphatic heterocycles. The summed E-state index contributed by atoms with van der Waals surface area (Å²) in [4.78, 5) is 0. The molecule has 9 heteroatoms. The van der Waals surface area contributed by atoms with Gasteiger partial charge in [-0.1, -0.05) is 80.3 Å². The molecule has 0 saturated heterocycles. The fourth-order valence-electron chi connectivity index (χ4n) is 3.15. The topological polar surface area (TPSA) is 64.4 Å². The highest BCUT2D eigenvalue weighted by atomic mass is 32.2. The minimum Gasteiger partial charge on any atom is -0.359 e. The number of aromatic nitrogens is 2. The first-order valence-corrected chi connectivity index (χ1v) is 15.7. The number of sulfonamides is 1. The van der Waals surface area contributed by atoms with Gasteiger partial charge in [0.15, 0.2) is 5.82 Å². The van der Waals surface area contributed by atoms with E-state index in [9.17, 15) is 12.8 Å². The van der Waals surface area contributed by atoms with Gasteiger partial charge in [0, 0.05) is 27.8 Å².